The highest BCUT2D eigenvalue weighted by Crippen LogP contribution is 2.13. The zero-order valence-corrected chi connectivity index (χ0v) is 12.7. The largest absolute Gasteiger partial charge is 0.422 e. The number of carbonyl (C=O) groups excluding carboxylic acids is 1. The Morgan fingerprint density at radius 2 is 2.14 bits per heavy atom. The highest BCUT2D eigenvalue weighted by atomic mass is 32.2. The van der Waals surface area contributed by atoms with Crippen molar-refractivity contribution in [1.29, 1.82) is 0 Å². The van der Waals surface area contributed by atoms with Gasteiger partial charge in [0.15, 0.2) is 0 Å². The molecule has 112 valence electrons. The van der Waals surface area contributed by atoms with Crippen molar-refractivity contribution in [3.63, 3.8) is 0 Å². The van der Waals surface area contributed by atoms with Crippen LogP contribution in [0.25, 0.3) is 11.0 Å². The third-order valence-electron chi connectivity index (χ3n) is 2.97. The summed E-state index contributed by atoms with van der Waals surface area (Å²) in [5.74, 6) is -0.0598. The fraction of sp³-hybridized carbons (Fsp3) is 0.333. The number of nitrogens with one attached hydrogen (secondary N) is 1. The SMILES string of the molecule is CSC[C@@](C)(O)CNC(=O)c1cc2ccccc2oc1=O. The summed E-state index contributed by atoms with van der Waals surface area (Å²) in [4.78, 5) is 23.9. The third-order valence-corrected chi connectivity index (χ3v) is 3.88. The molecular weight excluding hydrogens is 290 g/mol. The number of fused-ring (bicyclic) bond motifs is 1. The van der Waals surface area contributed by atoms with Crippen LogP contribution in [0.5, 0.6) is 0 Å². The van der Waals surface area contributed by atoms with E-state index in [2.05, 4.69) is 5.32 Å². The lowest BCUT2D eigenvalue weighted by atomic mass is 10.1. The Balaban J connectivity index is 2.20. The fourth-order valence-electron chi connectivity index (χ4n) is 1.95. The molecule has 1 aromatic carbocycles. The van der Waals surface area contributed by atoms with Crippen molar-refractivity contribution >= 4 is 28.6 Å². The molecule has 5 nitrogen and oxygen atoms in total. The fourth-order valence-corrected chi connectivity index (χ4v) is 2.67. The topological polar surface area (TPSA) is 79.5 Å². The van der Waals surface area contributed by atoms with Crippen LogP contribution < -0.4 is 10.9 Å². The van der Waals surface area contributed by atoms with Crippen molar-refractivity contribution in [2.24, 2.45) is 0 Å². The molecule has 0 bridgehead atoms. The van der Waals surface area contributed by atoms with Gasteiger partial charge in [-0.3, -0.25) is 4.79 Å². The minimum Gasteiger partial charge on any atom is -0.422 e. The second-order valence-corrected chi connectivity index (χ2v) is 5.96. The predicted molar refractivity (Wildman–Crippen MR) is 83.8 cm³/mol. The normalized spacial score (nSPS) is 13.9. The molecule has 0 aliphatic carbocycles. The molecule has 0 saturated carbocycles. The van der Waals surface area contributed by atoms with Crippen LogP contribution in [0, 0.1) is 0 Å². The Kier molecular flexibility index (Phi) is 4.69. The first kappa shape index (κ1) is 15.6. The van der Waals surface area contributed by atoms with E-state index in [-0.39, 0.29) is 12.1 Å². The van der Waals surface area contributed by atoms with Gasteiger partial charge in [-0.2, -0.15) is 11.8 Å². The molecule has 0 unspecified atom stereocenters. The number of carbonyl (C=O) groups is 1. The monoisotopic (exact) mass is 307 g/mol. The Morgan fingerprint density at radius 1 is 1.43 bits per heavy atom. The summed E-state index contributed by atoms with van der Waals surface area (Å²) in [5, 5.41) is 13.3. The highest BCUT2D eigenvalue weighted by molar-refractivity contribution is 7.98. The van der Waals surface area contributed by atoms with Crippen molar-refractivity contribution in [1.82, 2.24) is 5.32 Å². The molecule has 1 aromatic heterocycles. The number of aliphatic hydroxyl groups is 1. The quantitative estimate of drug-likeness (QED) is 0.821. The lowest BCUT2D eigenvalue weighted by Crippen LogP contribution is -2.43. The van der Waals surface area contributed by atoms with Crippen molar-refractivity contribution < 1.29 is 14.3 Å². The van der Waals surface area contributed by atoms with E-state index in [0.717, 1.165) is 0 Å². The van der Waals surface area contributed by atoms with E-state index in [1.165, 1.54) is 17.8 Å². The average Bonchev–Trinajstić information content (AvgIpc) is 2.44. The van der Waals surface area contributed by atoms with Gasteiger partial charge >= 0.3 is 5.63 Å². The third kappa shape index (κ3) is 3.86. The minimum absolute atomic E-state index is 0.0614. The van der Waals surface area contributed by atoms with Crippen molar-refractivity contribution in [2.45, 2.75) is 12.5 Å². The van der Waals surface area contributed by atoms with Gasteiger partial charge in [-0.1, -0.05) is 18.2 Å². The molecule has 0 aliphatic rings. The summed E-state index contributed by atoms with van der Waals surface area (Å²) in [6, 6.07) is 8.48. The molecule has 0 aliphatic heterocycles. The zero-order chi connectivity index (χ0) is 15.5. The lowest BCUT2D eigenvalue weighted by Gasteiger charge is -2.22. The van der Waals surface area contributed by atoms with Gasteiger partial charge in [-0.05, 0) is 25.3 Å². The summed E-state index contributed by atoms with van der Waals surface area (Å²) in [6.07, 6.45) is 1.87. The van der Waals surface area contributed by atoms with Crippen LogP contribution in [0.3, 0.4) is 0 Å². The molecule has 0 saturated heterocycles. The Labute approximate surface area is 126 Å². The van der Waals surface area contributed by atoms with E-state index in [0.29, 0.717) is 16.7 Å². The number of hydrogen-bond acceptors (Lipinski definition) is 5. The number of amides is 1. The van der Waals surface area contributed by atoms with Crippen LogP contribution in [0.15, 0.2) is 39.5 Å². The highest BCUT2D eigenvalue weighted by Gasteiger charge is 2.22. The second kappa shape index (κ2) is 6.32. The number of para-hydroxylation sites is 1. The van der Waals surface area contributed by atoms with Crippen LogP contribution in [0.1, 0.15) is 17.3 Å². The average molecular weight is 307 g/mol. The second-order valence-electron chi connectivity index (χ2n) is 5.10. The summed E-state index contributed by atoms with van der Waals surface area (Å²) in [7, 11) is 0. The smallest absolute Gasteiger partial charge is 0.349 e. The van der Waals surface area contributed by atoms with Gasteiger partial charge < -0.3 is 14.8 Å². The van der Waals surface area contributed by atoms with Gasteiger partial charge in [-0.25, -0.2) is 4.79 Å². The van der Waals surface area contributed by atoms with E-state index < -0.39 is 17.1 Å². The van der Waals surface area contributed by atoms with Crippen molar-refractivity contribution in [3.05, 3.63) is 46.3 Å². The minimum atomic E-state index is -1.02. The van der Waals surface area contributed by atoms with Gasteiger partial charge in [0.2, 0.25) is 0 Å². The number of rotatable bonds is 5. The molecule has 0 radical (unpaired) electrons. The van der Waals surface area contributed by atoms with Gasteiger partial charge in [-0.15, -0.1) is 0 Å². The Hall–Kier alpha value is -1.79. The Morgan fingerprint density at radius 3 is 2.86 bits per heavy atom. The Bertz CT molecular complexity index is 708. The van der Waals surface area contributed by atoms with Crippen LogP contribution in [0.2, 0.25) is 0 Å². The van der Waals surface area contributed by atoms with E-state index in [1.807, 2.05) is 6.26 Å². The summed E-state index contributed by atoms with van der Waals surface area (Å²) >= 11 is 1.48. The zero-order valence-electron chi connectivity index (χ0n) is 11.9. The van der Waals surface area contributed by atoms with Gasteiger partial charge in [0, 0.05) is 17.7 Å². The van der Waals surface area contributed by atoms with Gasteiger partial charge in [0.25, 0.3) is 5.91 Å². The molecule has 21 heavy (non-hydrogen) atoms. The summed E-state index contributed by atoms with van der Waals surface area (Å²) < 4.78 is 5.11. The predicted octanol–water partition coefficient (Wildman–Crippen LogP) is 1.64. The summed E-state index contributed by atoms with van der Waals surface area (Å²) in [6.45, 7) is 1.70. The number of thioether (sulfide) groups is 1. The maximum atomic E-state index is 12.1. The molecule has 1 heterocycles. The molecule has 1 atom stereocenters. The van der Waals surface area contributed by atoms with E-state index in [9.17, 15) is 14.7 Å². The first-order valence-corrected chi connectivity index (χ1v) is 7.85. The lowest BCUT2D eigenvalue weighted by molar-refractivity contribution is 0.0723. The molecule has 2 rings (SSSR count). The van der Waals surface area contributed by atoms with E-state index in [1.54, 1.807) is 31.2 Å². The maximum Gasteiger partial charge on any atom is 0.349 e. The van der Waals surface area contributed by atoms with Gasteiger partial charge in [0.1, 0.15) is 11.1 Å². The van der Waals surface area contributed by atoms with E-state index >= 15 is 0 Å². The van der Waals surface area contributed by atoms with Crippen molar-refractivity contribution in [3.8, 4) is 0 Å². The maximum absolute atomic E-state index is 12.1. The first-order valence-electron chi connectivity index (χ1n) is 6.45. The first-order chi connectivity index (χ1) is 9.93. The standard InChI is InChI=1S/C15H17NO4S/c1-15(19,9-21-2)8-16-13(17)11-7-10-5-3-4-6-12(10)20-14(11)18/h3-7,19H,8-9H2,1-2H3,(H,16,17)/t15-/m0/s1. The molecule has 2 N–H and O–H groups in total. The summed E-state index contributed by atoms with van der Waals surface area (Å²) in [5.41, 5.74) is -1.33. The molecule has 6 heteroatoms. The van der Waals surface area contributed by atoms with Crippen LogP contribution in [-0.2, 0) is 0 Å². The molecular formula is C15H17NO4S. The molecule has 0 fully saturated rings. The van der Waals surface area contributed by atoms with Gasteiger partial charge in [0.05, 0.1) is 5.60 Å². The molecule has 2 aromatic rings. The van der Waals surface area contributed by atoms with Crippen LogP contribution in [0.4, 0.5) is 0 Å². The van der Waals surface area contributed by atoms with E-state index in [4.69, 9.17) is 4.42 Å². The molecule has 1 amide bonds. The number of benzene rings is 1. The van der Waals surface area contributed by atoms with Crippen LogP contribution in [-0.4, -0.2) is 35.2 Å². The molecule has 0 spiro atoms. The van der Waals surface area contributed by atoms with Crippen LogP contribution >= 0.6 is 11.8 Å². The number of hydrogen-bond donors (Lipinski definition) is 2. The van der Waals surface area contributed by atoms with Crippen molar-refractivity contribution in [2.75, 3.05) is 18.6 Å².